The van der Waals surface area contributed by atoms with Gasteiger partial charge in [-0.15, -0.1) is 6.58 Å². The van der Waals surface area contributed by atoms with Crippen LogP contribution in [0, 0.1) is 0 Å². The average Bonchev–Trinajstić information content (AvgIpc) is 2.42. The monoisotopic (exact) mass is 281 g/mol. The molecule has 0 aromatic rings. The first-order valence-electron chi connectivity index (χ1n) is 8.40. The number of rotatable bonds is 10. The molecule has 1 rings (SSSR count). The molecule has 1 aliphatic rings. The molecule has 20 heavy (non-hydrogen) atoms. The van der Waals surface area contributed by atoms with E-state index >= 15 is 0 Å². The Balaban J connectivity index is 2.31. The van der Waals surface area contributed by atoms with Crippen molar-refractivity contribution in [3.05, 3.63) is 12.7 Å². The molecule has 0 saturated carbocycles. The molecule has 0 aliphatic carbocycles. The van der Waals surface area contributed by atoms with Crippen LogP contribution in [0.5, 0.6) is 0 Å². The fraction of sp³-hybridized carbons (Fsp3) is 0.882. The van der Waals surface area contributed by atoms with Crippen molar-refractivity contribution in [3.8, 4) is 0 Å². The molecule has 0 aromatic carbocycles. The van der Waals surface area contributed by atoms with Crippen molar-refractivity contribution in [1.82, 2.24) is 15.1 Å². The SMILES string of the molecule is C=CCCCCCC(CC1CN(C)CCN1C)NCC. The number of nitrogens with zero attached hydrogens (tertiary/aromatic N) is 2. The molecular formula is C17H35N3. The summed E-state index contributed by atoms with van der Waals surface area (Å²) in [7, 11) is 4.53. The van der Waals surface area contributed by atoms with E-state index in [-0.39, 0.29) is 0 Å². The summed E-state index contributed by atoms with van der Waals surface area (Å²) in [6, 6.07) is 1.40. The van der Waals surface area contributed by atoms with Crippen LogP contribution in [0.2, 0.25) is 0 Å². The molecule has 2 unspecified atom stereocenters. The van der Waals surface area contributed by atoms with Crippen molar-refractivity contribution < 1.29 is 0 Å². The third-order valence-corrected chi connectivity index (χ3v) is 4.49. The van der Waals surface area contributed by atoms with Gasteiger partial charge in [0.15, 0.2) is 0 Å². The van der Waals surface area contributed by atoms with Crippen molar-refractivity contribution in [2.45, 2.75) is 57.5 Å². The standard InChI is InChI=1S/C17H35N3/c1-5-7-8-9-10-11-16(18-6-2)14-17-15-19(3)12-13-20(17)4/h5,16-18H,1,6-15H2,2-4H3. The lowest BCUT2D eigenvalue weighted by Gasteiger charge is -2.39. The van der Waals surface area contributed by atoms with Crippen molar-refractivity contribution in [2.75, 3.05) is 40.3 Å². The molecule has 1 aliphatic heterocycles. The van der Waals surface area contributed by atoms with E-state index in [4.69, 9.17) is 0 Å². The van der Waals surface area contributed by atoms with Gasteiger partial charge in [-0.05, 0) is 46.3 Å². The third-order valence-electron chi connectivity index (χ3n) is 4.49. The Morgan fingerprint density at radius 2 is 2.05 bits per heavy atom. The normalized spacial score (nSPS) is 22.9. The van der Waals surface area contributed by atoms with Gasteiger partial charge in [-0.2, -0.15) is 0 Å². The van der Waals surface area contributed by atoms with E-state index in [0.29, 0.717) is 12.1 Å². The summed E-state index contributed by atoms with van der Waals surface area (Å²) >= 11 is 0. The van der Waals surface area contributed by atoms with E-state index in [1.165, 1.54) is 58.2 Å². The van der Waals surface area contributed by atoms with E-state index in [1.807, 2.05) is 6.08 Å². The highest BCUT2D eigenvalue weighted by molar-refractivity contribution is 4.83. The Bertz CT molecular complexity index is 255. The van der Waals surface area contributed by atoms with E-state index in [0.717, 1.165) is 6.54 Å². The molecule has 2 atom stereocenters. The minimum absolute atomic E-state index is 0.683. The quantitative estimate of drug-likeness (QED) is 0.491. The van der Waals surface area contributed by atoms with Gasteiger partial charge in [0, 0.05) is 31.7 Å². The minimum atomic E-state index is 0.683. The number of hydrogen-bond donors (Lipinski definition) is 1. The Hall–Kier alpha value is -0.380. The molecule has 0 aromatic heterocycles. The molecule has 1 saturated heterocycles. The Morgan fingerprint density at radius 3 is 2.75 bits per heavy atom. The Morgan fingerprint density at radius 1 is 1.25 bits per heavy atom. The molecule has 1 N–H and O–H groups in total. The zero-order valence-electron chi connectivity index (χ0n) is 13.9. The van der Waals surface area contributed by atoms with Crippen molar-refractivity contribution >= 4 is 0 Å². The first kappa shape index (κ1) is 17.7. The summed E-state index contributed by atoms with van der Waals surface area (Å²) < 4.78 is 0. The lowest BCUT2D eigenvalue weighted by molar-refractivity contribution is 0.0999. The molecule has 3 nitrogen and oxygen atoms in total. The Kier molecular flexibility index (Phi) is 9.16. The maximum Gasteiger partial charge on any atom is 0.0235 e. The largest absolute Gasteiger partial charge is 0.314 e. The highest BCUT2D eigenvalue weighted by Gasteiger charge is 2.24. The van der Waals surface area contributed by atoms with Crippen molar-refractivity contribution in [2.24, 2.45) is 0 Å². The van der Waals surface area contributed by atoms with Crippen LogP contribution in [0.25, 0.3) is 0 Å². The second kappa shape index (κ2) is 10.4. The van der Waals surface area contributed by atoms with Crippen LogP contribution in [0.15, 0.2) is 12.7 Å². The minimum Gasteiger partial charge on any atom is -0.314 e. The molecule has 118 valence electrons. The van der Waals surface area contributed by atoms with Gasteiger partial charge >= 0.3 is 0 Å². The summed E-state index contributed by atoms with van der Waals surface area (Å²) in [5, 5.41) is 3.69. The predicted octanol–water partition coefficient (Wildman–Crippen LogP) is 2.74. The number of allylic oxidation sites excluding steroid dienone is 1. The first-order chi connectivity index (χ1) is 9.67. The van der Waals surface area contributed by atoms with Gasteiger partial charge in [-0.3, -0.25) is 0 Å². The van der Waals surface area contributed by atoms with Crippen LogP contribution in [-0.2, 0) is 0 Å². The molecule has 0 bridgehead atoms. The van der Waals surface area contributed by atoms with E-state index in [2.05, 4.69) is 42.7 Å². The van der Waals surface area contributed by atoms with Gasteiger partial charge < -0.3 is 15.1 Å². The van der Waals surface area contributed by atoms with Crippen LogP contribution in [0.4, 0.5) is 0 Å². The molecular weight excluding hydrogens is 246 g/mol. The lowest BCUT2D eigenvalue weighted by atomic mass is 9.98. The number of likely N-dealkylation sites (N-methyl/N-ethyl adjacent to an activating group) is 2. The second-order valence-corrected chi connectivity index (χ2v) is 6.31. The van der Waals surface area contributed by atoms with Gasteiger partial charge in [0.05, 0.1) is 0 Å². The summed E-state index contributed by atoms with van der Waals surface area (Å²) in [5.41, 5.74) is 0. The number of unbranched alkanes of at least 4 members (excludes halogenated alkanes) is 3. The Labute approximate surface area is 126 Å². The van der Waals surface area contributed by atoms with Crippen molar-refractivity contribution in [1.29, 1.82) is 0 Å². The van der Waals surface area contributed by atoms with Crippen LogP contribution >= 0.6 is 0 Å². The first-order valence-corrected chi connectivity index (χ1v) is 8.40. The van der Waals surface area contributed by atoms with Crippen LogP contribution < -0.4 is 5.32 Å². The molecule has 0 spiro atoms. The highest BCUT2D eigenvalue weighted by Crippen LogP contribution is 2.16. The van der Waals surface area contributed by atoms with Crippen LogP contribution in [-0.4, -0.2) is 62.2 Å². The number of hydrogen-bond acceptors (Lipinski definition) is 3. The van der Waals surface area contributed by atoms with E-state index < -0.39 is 0 Å². The highest BCUT2D eigenvalue weighted by atomic mass is 15.3. The molecule has 3 heteroatoms. The smallest absolute Gasteiger partial charge is 0.0235 e. The lowest BCUT2D eigenvalue weighted by Crippen LogP contribution is -2.52. The molecule has 1 heterocycles. The molecule has 0 amide bonds. The van der Waals surface area contributed by atoms with Gasteiger partial charge in [0.25, 0.3) is 0 Å². The second-order valence-electron chi connectivity index (χ2n) is 6.31. The van der Waals surface area contributed by atoms with E-state index in [9.17, 15) is 0 Å². The molecule has 0 radical (unpaired) electrons. The van der Waals surface area contributed by atoms with Crippen molar-refractivity contribution in [3.63, 3.8) is 0 Å². The fourth-order valence-corrected chi connectivity index (χ4v) is 3.13. The summed E-state index contributed by atoms with van der Waals surface area (Å²) in [4.78, 5) is 5.01. The summed E-state index contributed by atoms with van der Waals surface area (Å²) in [5.74, 6) is 0. The maximum atomic E-state index is 3.79. The van der Waals surface area contributed by atoms with Gasteiger partial charge in [-0.25, -0.2) is 0 Å². The number of nitrogens with one attached hydrogen (secondary N) is 1. The summed E-state index contributed by atoms with van der Waals surface area (Å²) in [6.45, 7) is 10.7. The third kappa shape index (κ3) is 6.87. The van der Waals surface area contributed by atoms with Gasteiger partial charge in [-0.1, -0.05) is 25.8 Å². The maximum absolute atomic E-state index is 3.79. The van der Waals surface area contributed by atoms with Crippen LogP contribution in [0.3, 0.4) is 0 Å². The fourth-order valence-electron chi connectivity index (χ4n) is 3.13. The van der Waals surface area contributed by atoms with E-state index in [1.54, 1.807) is 0 Å². The topological polar surface area (TPSA) is 18.5 Å². The van der Waals surface area contributed by atoms with Crippen LogP contribution in [0.1, 0.15) is 45.4 Å². The zero-order chi connectivity index (χ0) is 14.8. The average molecular weight is 281 g/mol. The zero-order valence-corrected chi connectivity index (χ0v) is 13.9. The summed E-state index contributed by atoms with van der Waals surface area (Å²) in [6.07, 6.45) is 9.80. The predicted molar refractivity (Wildman–Crippen MR) is 89.3 cm³/mol. The number of piperazine rings is 1. The molecule has 1 fully saturated rings. The van der Waals surface area contributed by atoms with Gasteiger partial charge in [0.2, 0.25) is 0 Å². The van der Waals surface area contributed by atoms with Gasteiger partial charge in [0.1, 0.15) is 0 Å².